The molecule has 0 saturated carbocycles. The molecule has 0 spiro atoms. The van der Waals surface area contributed by atoms with Gasteiger partial charge in [-0.2, -0.15) is 0 Å². The molecule has 0 radical (unpaired) electrons. The van der Waals surface area contributed by atoms with Crippen molar-refractivity contribution < 1.29 is 9.84 Å². The molecule has 1 aromatic carbocycles. The Morgan fingerprint density at radius 3 is 2.81 bits per heavy atom. The third-order valence-electron chi connectivity index (χ3n) is 2.42. The monoisotopic (exact) mass is 240 g/mol. The molecule has 1 rings (SSSR count). The SMILES string of the molecule is CCC(O)c1ccccc1SCCCOC. The highest BCUT2D eigenvalue weighted by molar-refractivity contribution is 7.99. The molecule has 3 heteroatoms. The summed E-state index contributed by atoms with van der Waals surface area (Å²) in [5.74, 6) is 1.03. The van der Waals surface area contributed by atoms with Crippen LogP contribution in [0.3, 0.4) is 0 Å². The van der Waals surface area contributed by atoms with E-state index in [-0.39, 0.29) is 6.10 Å². The molecule has 0 aliphatic heterocycles. The molecule has 0 aliphatic rings. The van der Waals surface area contributed by atoms with E-state index in [9.17, 15) is 5.11 Å². The van der Waals surface area contributed by atoms with Crippen molar-refractivity contribution >= 4 is 11.8 Å². The summed E-state index contributed by atoms with van der Waals surface area (Å²) in [5, 5.41) is 9.87. The van der Waals surface area contributed by atoms with E-state index in [0.717, 1.165) is 30.8 Å². The number of thioether (sulfide) groups is 1. The van der Waals surface area contributed by atoms with Crippen LogP contribution < -0.4 is 0 Å². The number of benzene rings is 1. The number of methoxy groups -OCH3 is 1. The molecule has 0 aromatic heterocycles. The van der Waals surface area contributed by atoms with Gasteiger partial charge in [0.25, 0.3) is 0 Å². The number of hydrogen-bond donors (Lipinski definition) is 1. The van der Waals surface area contributed by atoms with Crippen molar-refractivity contribution in [3.05, 3.63) is 29.8 Å². The third kappa shape index (κ3) is 4.16. The van der Waals surface area contributed by atoms with Gasteiger partial charge in [-0.25, -0.2) is 0 Å². The van der Waals surface area contributed by atoms with Gasteiger partial charge >= 0.3 is 0 Å². The lowest BCUT2D eigenvalue weighted by Crippen LogP contribution is -1.98. The molecule has 1 atom stereocenters. The molecule has 16 heavy (non-hydrogen) atoms. The number of aliphatic hydroxyl groups is 1. The van der Waals surface area contributed by atoms with Gasteiger partial charge in [-0.15, -0.1) is 11.8 Å². The van der Waals surface area contributed by atoms with Crippen LogP contribution in [-0.2, 0) is 4.74 Å². The standard InChI is InChI=1S/C13H20O2S/c1-3-12(14)11-7-4-5-8-13(11)16-10-6-9-15-2/h4-5,7-8,12,14H,3,6,9-10H2,1-2H3. The van der Waals surface area contributed by atoms with Gasteiger partial charge in [0.2, 0.25) is 0 Å². The molecule has 0 saturated heterocycles. The van der Waals surface area contributed by atoms with Crippen molar-refractivity contribution in [3.8, 4) is 0 Å². The summed E-state index contributed by atoms with van der Waals surface area (Å²) in [6.07, 6.45) is 1.46. The lowest BCUT2D eigenvalue weighted by Gasteiger charge is -2.13. The predicted molar refractivity (Wildman–Crippen MR) is 68.9 cm³/mol. The van der Waals surface area contributed by atoms with Crippen LogP contribution in [0.15, 0.2) is 29.2 Å². The topological polar surface area (TPSA) is 29.5 Å². The van der Waals surface area contributed by atoms with Gasteiger partial charge in [0, 0.05) is 24.4 Å². The van der Waals surface area contributed by atoms with Crippen LogP contribution in [-0.4, -0.2) is 24.6 Å². The lowest BCUT2D eigenvalue weighted by atomic mass is 10.1. The third-order valence-corrected chi connectivity index (χ3v) is 3.59. The minimum Gasteiger partial charge on any atom is -0.388 e. The van der Waals surface area contributed by atoms with Crippen LogP contribution in [0, 0.1) is 0 Å². The van der Waals surface area contributed by atoms with E-state index in [1.807, 2.05) is 25.1 Å². The first-order valence-corrected chi connectivity index (χ1v) is 6.66. The van der Waals surface area contributed by atoms with Crippen molar-refractivity contribution in [3.63, 3.8) is 0 Å². The van der Waals surface area contributed by atoms with Gasteiger partial charge in [0.15, 0.2) is 0 Å². The first kappa shape index (κ1) is 13.6. The van der Waals surface area contributed by atoms with Crippen LogP contribution in [0.1, 0.15) is 31.4 Å². The highest BCUT2D eigenvalue weighted by Gasteiger charge is 2.09. The fourth-order valence-electron chi connectivity index (χ4n) is 1.49. The average Bonchev–Trinajstić information content (AvgIpc) is 2.34. The average molecular weight is 240 g/mol. The summed E-state index contributed by atoms with van der Waals surface area (Å²) in [4.78, 5) is 1.19. The van der Waals surface area contributed by atoms with Crippen LogP contribution >= 0.6 is 11.8 Å². The molecular weight excluding hydrogens is 220 g/mol. The van der Waals surface area contributed by atoms with Gasteiger partial charge in [-0.3, -0.25) is 0 Å². The Balaban J connectivity index is 2.57. The normalized spacial score (nSPS) is 12.7. The molecular formula is C13H20O2S. The molecule has 1 unspecified atom stereocenters. The highest BCUT2D eigenvalue weighted by atomic mass is 32.2. The van der Waals surface area contributed by atoms with Gasteiger partial charge in [-0.1, -0.05) is 25.1 Å². The second-order valence-corrected chi connectivity index (χ2v) is 4.79. The van der Waals surface area contributed by atoms with Crippen molar-refractivity contribution in [1.82, 2.24) is 0 Å². The van der Waals surface area contributed by atoms with Gasteiger partial charge in [-0.05, 0) is 24.5 Å². The molecule has 0 fully saturated rings. The molecule has 90 valence electrons. The van der Waals surface area contributed by atoms with Gasteiger partial charge in [0.05, 0.1) is 6.10 Å². The van der Waals surface area contributed by atoms with Crippen LogP contribution in [0.2, 0.25) is 0 Å². The summed E-state index contributed by atoms with van der Waals surface area (Å²) in [6, 6.07) is 8.08. The Hall–Kier alpha value is -0.510. The van der Waals surface area contributed by atoms with E-state index in [1.54, 1.807) is 18.9 Å². The Labute approximate surface area is 102 Å². The van der Waals surface area contributed by atoms with E-state index < -0.39 is 0 Å². The minimum atomic E-state index is -0.342. The second kappa shape index (κ2) is 7.71. The van der Waals surface area contributed by atoms with Crippen LogP contribution in [0.25, 0.3) is 0 Å². The quantitative estimate of drug-likeness (QED) is 0.586. The maximum Gasteiger partial charge on any atom is 0.0798 e. The zero-order chi connectivity index (χ0) is 11.8. The second-order valence-electron chi connectivity index (χ2n) is 3.66. The van der Waals surface area contributed by atoms with E-state index in [2.05, 4.69) is 6.07 Å². The number of aliphatic hydroxyl groups excluding tert-OH is 1. The summed E-state index contributed by atoms with van der Waals surface area (Å²) in [7, 11) is 1.72. The largest absolute Gasteiger partial charge is 0.388 e. The summed E-state index contributed by atoms with van der Waals surface area (Å²) < 4.78 is 5.02. The lowest BCUT2D eigenvalue weighted by molar-refractivity contribution is 0.171. The fourth-order valence-corrected chi connectivity index (χ4v) is 2.52. The summed E-state index contributed by atoms with van der Waals surface area (Å²) in [6.45, 7) is 2.79. The Morgan fingerprint density at radius 2 is 2.12 bits per heavy atom. The maximum absolute atomic E-state index is 9.87. The fraction of sp³-hybridized carbons (Fsp3) is 0.538. The number of ether oxygens (including phenoxy) is 1. The van der Waals surface area contributed by atoms with Crippen molar-refractivity contribution in [2.45, 2.75) is 30.8 Å². The Kier molecular flexibility index (Phi) is 6.53. The van der Waals surface area contributed by atoms with Crippen LogP contribution in [0.5, 0.6) is 0 Å². The Bertz CT molecular complexity index is 302. The van der Waals surface area contributed by atoms with E-state index >= 15 is 0 Å². The molecule has 0 bridgehead atoms. The molecule has 0 aliphatic carbocycles. The smallest absolute Gasteiger partial charge is 0.0798 e. The van der Waals surface area contributed by atoms with Crippen molar-refractivity contribution in [2.75, 3.05) is 19.5 Å². The zero-order valence-corrected chi connectivity index (χ0v) is 10.8. The molecule has 0 heterocycles. The first-order chi connectivity index (χ1) is 7.79. The Morgan fingerprint density at radius 1 is 1.38 bits per heavy atom. The first-order valence-electron chi connectivity index (χ1n) is 5.68. The van der Waals surface area contributed by atoms with E-state index in [4.69, 9.17) is 4.74 Å². The number of rotatable bonds is 7. The van der Waals surface area contributed by atoms with Gasteiger partial charge < -0.3 is 9.84 Å². The maximum atomic E-state index is 9.87. The summed E-state index contributed by atoms with van der Waals surface area (Å²) in [5.41, 5.74) is 1.05. The minimum absolute atomic E-state index is 0.342. The molecule has 1 N–H and O–H groups in total. The number of hydrogen-bond acceptors (Lipinski definition) is 3. The van der Waals surface area contributed by atoms with E-state index in [0.29, 0.717) is 0 Å². The molecule has 0 amide bonds. The molecule has 1 aromatic rings. The van der Waals surface area contributed by atoms with Crippen LogP contribution in [0.4, 0.5) is 0 Å². The van der Waals surface area contributed by atoms with Crippen molar-refractivity contribution in [2.24, 2.45) is 0 Å². The molecule has 2 nitrogen and oxygen atoms in total. The summed E-state index contributed by atoms with van der Waals surface area (Å²) >= 11 is 1.79. The predicted octanol–water partition coefficient (Wildman–Crippen LogP) is 3.26. The van der Waals surface area contributed by atoms with Crippen molar-refractivity contribution in [1.29, 1.82) is 0 Å². The highest BCUT2D eigenvalue weighted by Crippen LogP contribution is 2.29. The zero-order valence-electron chi connectivity index (χ0n) is 9.98. The van der Waals surface area contributed by atoms with Gasteiger partial charge in [0.1, 0.15) is 0 Å². The van der Waals surface area contributed by atoms with E-state index in [1.165, 1.54) is 4.90 Å².